The van der Waals surface area contributed by atoms with E-state index in [1.165, 1.54) is 0 Å². The van der Waals surface area contributed by atoms with Gasteiger partial charge in [-0.2, -0.15) is 0 Å². The first kappa shape index (κ1) is 22.5. The predicted molar refractivity (Wildman–Crippen MR) is 137 cm³/mol. The van der Waals surface area contributed by atoms with Crippen molar-refractivity contribution < 1.29 is 19.1 Å². The SMILES string of the molecule is CCOC1Cn2cc(c3ccccc32)C2=C(C(=O)NC2=O)c2cn(c3ccccc23)C(N(C)C)C1=O. The fourth-order valence-electron chi connectivity index (χ4n) is 5.58. The van der Waals surface area contributed by atoms with Gasteiger partial charge in [-0.15, -0.1) is 0 Å². The summed E-state index contributed by atoms with van der Waals surface area (Å²) in [6, 6.07) is 15.4. The van der Waals surface area contributed by atoms with E-state index in [1.807, 2.05) is 96.0 Å². The zero-order chi connectivity index (χ0) is 25.1. The molecule has 8 heteroatoms. The normalized spacial score (nSPS) is 20.2. The standard InChI is InChI=1S/C28H26N4O4/c1-4-36-22-15-31-13-18(16-9-5-7-11-20(16)31)23-24(27(35)29-26(23)34)19-14-32(28(25(22)33)30(2)3)21-12-8-6-10-17(19)21/h5-14,22,28H,4,15H2,1-3H3,(H,29,34,35). The van der Waals surface area contributed by atoms with Crippen LogP contribution in [0.15, 0.2) is 60.9 Å². The van der Waals surface area contributed by atoms with Crippen molar-refractivity contribution >= 4 is 50.5 Å². The molecular weight excluding hydrogens is 456 g/mol. The lowest BCUT2D eigenvalue weighted by Gasteiger charge is -2.29. The molecule has 8 nitrogen and oxygen atoms in total. The Kier molecular flexibility index (Phi) is 5.17. The second-order valence-corrected chi connectivity index (χ2v) is 9.40. The van der Waals surface area contributed by atoms with Crippen LogP contribution >= 0.6 is 0 Å². The van der Waals surface area contributed by atoms with E-state index < -0.39 is 24.1 Å². The molecule has 4 aromatic rings. The van der Waals surface area contributed by atoms with Crippen molar-refractivity contribution in [1.82, 2.24) is 19.4 Å². The predicted octanol–water partition coefficient (Wildman–Crippen LogP) is 3.21. The molecule has 0 aliphatic carbocycles. The molecule has 2 aromatic carbocycles. The van der Waals surface area contributed by atoms with Gasteiger partial charge in [-0.05, 0) is 33.2 Å². The molecule has 0 radical (unpaired) electrons. The molecule has 2 aliphatic rings. The molecule has 0 fully saturated rings. The first-order valence-corrected chi connectivity index (χ1v) is 12.0. The molecule has 2 aliphatic heterocycles. The summed E-state index contributed by atoms with van der Waals surface area (Å²) in [6.07, 6.45) is 2.29. The number of amides is 2. The lowest BCUT2D eigenvalue weighted by Crippen LogP contribution is -2.41. The van der Waals surface area contributed by atoms with E-state index in [9.17, 15) is 14.4 Å². The van der Waals surface area contributed by atoms with Crippen molar-refractivity contribution in [2.75, 3.05) is 20.7 Å². The van der Waals surface area contributed by atoms with E-state index in [0.29, 0.717) is 28.9 Å². The molecule has 2 amide bonds. The monoisotopic (exact) mass is 482 g/mol. The van der Waals surface area contributed by atoms with Crippen LogP contribution in [0.1, 0.15) is 24.2 Å². The van der Waals surface area contributed by atoms with E-state index in [0.717, 1.165) is 21.8 Å². The molecule has 1 N–H and O–H groups in total. The molecule has 6 rings (SSSR count). The van der Waals surface area contributed by atoms with Crippen LogP contribution in [0, 0.1) is 0 Å². The zero-order valence-corrected chi connectivity index (χ0v) is 20.3. The molecule has 0 saturated heterocycles. The number of ketones is 1. The maximum Gasteiger partial charge on any atom is 0.259 e. The minimum atomic E-state index is -0.720. The Hall–Kier alpha value is -4.01. The van der Waals surface area contributed by atoms with Gasteiger partial charge in [-0.25, -0.2) is 0 Å². The van der Waals surface area contributed by atoms with Gasteiger partial charge < -0.3 is 13.9 Å². The Morgan fingerprint density at radius 3 is 2.11 bits per heavy atom. The number of imide groups is 1. The molecule has 0 saturated carbocycles. The molecule has 182 valence electrons. The van der Waals surface area contributed by atoms with Gasteiger partial charge in [0.2, 0.25) is 5.78 Å². The number of rotatable bonds is 3. The minimum absolute atomic E-state index is 0.0878. The summed E-state index contributed by atoms with van der Waals surface area (Å²) < 4.78 is 9.87. The maximum atomic E-state index is 14.1. The molecule has 2 unspecified atom stereocenters. The van der Waals surface area contributed by atoms with Gasteiger partial charge in [0.05, 0.1) is 23.2 Å². The average molecular weight is 483 g/mol. The summed E-state index contributed by atoms with van der Waals surface area (Å²) in [5.74, 6) is -0.949. The summed E-state index contributed by atoms with van der Waals surface area (Å²) in [7, 11) is 3.71. The Bertz CT molecular complexity index is 1610. The molecule has 4 bridgehead atoms. The number of fused-ring (bicyclic) bond motifs is 12. The quantitative estimate of drug-likeness (QED) is 0.454. The molecule has 2 atom stereocenters. The Balaban J connectivity index is 1.77. The van der Waals surface area contributed by atoms with E-state index in [1.54, 1.807) is 0 Å². The topological polar surface area (TPSA) is 85.6 Å². The highest BCUT2D eigenvalue weighted by Crippen LogP contribution is 2.40. The number of aromatic nitrogens is 2. The maximum absolute atomic E-state index is 14.1. The van der Waals surface area contributed by atoms with E-state index in [4.69, 9.17) is 4.74 Å². The number of benzene rings is 2. The third kappa shape index (κ3) is 3.18. The number of likely N-dealkylation sites (N-methyl/N-ethyl adjacent to an activating group) is 1. The van der Waals surface area contributed by atoms with Crippen molar-refractivity contribution in [3.05, 3.63) is 72.1 Å². The average Bonchev–Trinajstić information content (AvgIpc) is 3.49. The van der Waals surface area contributed by atoms with Gasteiger partial charge in [0.25, 0.3) is 11.8 Å². The number of nitrogens with zero attached hydrogens (tertiary/aromatic N) is 3. The van der Waals surface area contributed by atoms with Crippen LogP contribution in [0.4, 0.5) is 0 Å². The van der Waals surface area contributed by atoms with Crippen molar-refractivity contribution in [3.8, 4) is 0 Å². The fraction of sp³-hybridized carbons (Fsp3) is 0.250. The lowest BCUT2D eigenvalue weighted by atomic mass is 9.95. The Morgan fingerprint density at radius 2 is 1.47 bits per heavy atom. The first-order chi connectivity index (χ1) is 17.4. The van der Waals surface area contributed by atoms with E-state index in [-0.39, 0.29) is 12.3 Å². The van der Waals surface area contributed by atoms with Crippen molar-refractivity contribution in [2.45, 2.75) is 25.7 Å². The number of carbonyl (C=O) groups excluding carboxylic acids is 3. The highest BCUT2D eigenvalue weighted by molar-refractivity contribution is 6.50. The largest absolute Gasteiger partial charge is 0.369 e. The van der Waals surface area contributed by atoms with Crippen LogP contribution in [0.2, 0.25) is 0 Å². The highest BCUT2D eigenvalue weighted by Gasteiger charge is 2.38. The number of nitrogens with one attached hydrogen (secondary N) is 1. The van der Waals surface area contributed by atoms with Gasteiger partial charge in [0, 0.05) is 46.4 Å². The molecule has 0 spiro atoms. The third-order valence-electron chi connectivity index (χ3n) is 7.05. The molecule has 4 heterocycles. The van der Waals surface area contributed by atoms with E-state index >= 15 is 0 Å². The third-order valence-corrected chi connectivity index (χ3v) is 7.05. The number of hydrogen-bond donors (Lipinski definition) is 1. The Labute approximate surface area is 207 Å². The van der Waals surface area contributed by atoms with Gasteiger partial charge >= 0.3 is 0 Å². The van der Waals surface area contributed by atoms with Crippen molar-refractivity contribution in [3.63, 3.8) is 0 Å². The minimum Gasteiger partial charge on any atom is -0.369 e. The number of ether oxygens (including phenoxy) is 1. The van der Waals surface area contributed by atoms with Gasteiger partial charge in [-0.1, -0.05) is 36.4 Å². The van der Waals surface area contributed by atoms with Crippen LogP contribution < -0.4 is 5.32 Å². The van der Waals surface area contributed by atoms with Gasteiger partial charge in [0.1, 0.15) is 12.3 Å². The highest BCUT2D eigenvalue weighted by atomic mass is 16.5. The Morgan fingerprint density at radius 1 is 0.889 bits per heavy atom. The number of Topliss-reactive ketones (excluding diaryl/α,β-unsaturated/α-hetero) is 1. The molecule has 36 heavy (non-hydrogen) atoms. The number of para-hydroxylation sites is 2. The van der Waals surface area contributed by atoms with Gasteiger partial charge in [-0.3, -0.25) is 24.6 Å². The summed E-state index contributed by atoms with van der Waals surface area (Å²) >= 11 is 0. The summed E-state index contributed by atoms with van der Waals surface area (Å²) in [5.41, 5.74) is 3.61. The van der Waals surface area contributed by atoms with Crippen LogP contribution in [-0.4, -0.2) is 58.4 Å². The smallest absolute Gasteiger partial charge is 0.259 e. The summed E-state index contributed by atoms with van der Waals surface area (Å²) in [5, 5.41) is 4.15. The molecular formula is C28H26N4O4. The fourth-order valence-corrected chi connectivity index (χ4v) is 5.58. The van der Waals surface area contributed by atoms with Crippen molar-refractivity contribution in [1.29, 1.82) is 0 Å². The number of carbonyl (C=O) groups is 3. The zero-order valence-electron chi connectivity index (χ0n) is 20.3. The van der Waals surface area contributed by atoms with Crippen LogP contribution in [0.3, 0.4) is 0 Å². The second kappa shape index (κ2) is 8.29. The summed E-state index contributed by atoms with van der Waals surface area (Å²) in [6.45, 7) is 2.54. The van der Waals surface area contributed by atoms with Crippen molar-refractivity contribution in [2.24, 2.45) is 0 Å². The van der Waals surface area contributed by atoms with Crippen LogP contribution in [0.25, 0.3) is 33.0 Å². The summed E-state index contributed by atoms with van der Waals surface area (Å²) in [4.78, 5) is 42.4. The van der Waals surface area contributed by atoms with E-state index in [2.05, 4.69) is 5.32 Å². The second-order valence-electron chi connectivity index (χ2n) is 9.40. The van der Waals surface area contributed by atoms with Crippen LogP contribution in [0.5, 0.6) is 0 Å². The van der Waals surface area contributed by atoms with Gasteiger partial charge in [0.15, 0.2) is 0 Å². The lowest BCUT2D eigenvalue weighted by molar-refractivity contribution is -0.138. The first-order valence-electron chi connectivity index (χ1n) is 12.0. The van der Waals surface area contributed by atoms with Crippen LogP contribution in [-0.2, 0) is 25.7 Å². The number of hydrogen-bond acceptors (Lipinski definition) is 5. The molecule has 2 aromatic heterocycles.